The van der Waals surface area contributed by atoms with Crippen LogP contribution in [-0.4, -0.2) is 276 Å². The lowest BCUT2D eigenvalue weighted by Gasteiger charge is -2.37. The Hall–Kier alpha value is -6.89. The SMILES string of the molecule is CC(CCCCNC(=O)CCCCCCCCCCN1CCN(c2nc(NCCOCCOCCC(=O)O)nc(Nc3ccc(CC4CN(CC(=O)O)CCN(CC(=O)O)CCN(CC(=O)O)CCN4CC(=O)O)cc3)n2)CC1)NC(=O)NCC=O. The van der Waals surface area contributed by atoms with E-state index in [9.17, 15) is 58.8 Å². The normalized spacial score (nSPS) is 16.5. The summed E-state index contributed by atoms with van der Waals surface area (Å²) in [5.74, 6) is -4.11. The molecule has 0 bridgehead atoms. The standard InChI is InChI=1S/C57H94N14O15/c1-44(61-57(84)60-20-33-72)12-9-10-19-58-48(73)13-8-6-4-2-3-5-7-11-22-66-27-30-70(31-28-66)56-64-54(59-21-35-86-37-36-85-34-18-49(74)75)63-55(65-56)62-46-16-14-45(15-17-46)38-47-39-69(42-52(80)81)26-25-67(40-50(76)77)23-24-68(41-51(78)79)29-32-71(47)43-53(82)83/h14-17,33,44,47H,2-13,18-32,34-43H2,1H3,(H,58,73)(H,74,75)(H,76,77)(H,78,79)(H,80,81)(H,82,83)(H2,60,61,84)(H2,59,62,63,64,65). The predicted octanol–water partition coefficient (Wildman–Crippen LogP) is 1.81. The Labute approximate surface area is 503 Å². The smallest absolute Gasteiger partial charge is 0.317 e. The number of hydrogen-bond donors (Lipinski definition) is 10. The molecule has 2 aliphatic heterocycles. The van der Waals surface area contributed by atoms with Gasteiger partial charge >= 0.3 is 35.9 Å². The summed E-state index contributed by atoms with van der Waals surface area (Å²) in [5, 5.41) is 62.8. The van der Waals surface area contributed by atoms with Crippen LogP contribution < -0.4 is 31.5 Å². The van der Waals surface area contributed by atoms with Gasteiger partial charge in [0.2, 0.25) is 23.8 Å². The summed E-state index contributed by atoms with van der Waals surface area (Å²) in [7, 11) is 0. The Kier molecular flexibility index (Phi) is 35.0. The van der Waals surface area contributed by atoms with Gasteiger partial charge in [0.15, 0.2) is 0 Å². The molecule has 2 unspecified atom stereocenters. The van der Waals surface area contributed by atoms with Crippen LogP contribution in [0.25, 0.3) is 0 Å². The molecule has 0 radical (unpaired) electrons. The van der Waals surface area contributed by atoms with Crippen molar-refractivity contribution < 1.29 is 73.4 Å². The van der Waals surface area contributed by atoms with Crippen molar-refractivity contribution in [3.63, 3.8) is 0 Å². The van der Waals surface area contributed by atoms with Gasteiger partial charge in [-0.3, -0.25) is 53.3 Å². The van der Waals surface area contributed by atoms with Gasteiger partial charge in [0, 0.05) is 109 Å². The maximum atomic E-state index is 12.3. The minimum absolute atomic E-state index is 0.0167. The average molecular weight is 1220 g/mol. The van der Waals surface area contributed by atoms with Gasteiger partial charge in [-0.1, -0.05) is 50.7 Å². The number of piperazine rings is 1. The van der Waals surface area contributed by atoms with Crippen LogP contribution in [0.1, 0.15) is 96.0 Å². The van der Waals surface area contributed by atoms with E-state index in [-0.39, 0.29) is 129 Å². The number of carbonyl (C=O) groups is 8. The number of carboxylic acid groups (broad SMARTS) is 5. The molecular weight excluding hydrogens is 1120 g/mol. The van der Waals surface area contributed by atoms with Crippen molar-refractivity contribution in [3.8, 4) is 0 Å². The first kappa shape index (κ1) is 71.6. The molecule has 3 amide bonds. The van der Waals surface area contributed by atoms with E-state index in [1.165, 1.54) is 0 Å². The van der Waals surface area contributed by atoms with Crippen molar-refractivity contribution in [3.05, 3.63) is 29.8 Å². The fraction of sp³-hybridized carbons (Fsp3) is 0.702. The molecule has 4 rings (SSSR count). The molecule has 86 heavy (non-hydrogen) atoms. The summed E-state index contributed by atoms with van der Waals surface area (Å²) in [6.07, 6.45) is 12.6. The van der Waals surface area contributed by atoms with Crippen LogP contribution >= 0.6 is 0 Å². The minimum Gasteiger partial charge on any atom is -0.481 e. The first-order valence-corrected chi connectivity index (χ1v) is 30.2. The highest BCUT2D eigenvalue weighted by atomic mass is 16.5. The van der Waals surface area contributed by atoms with Gasteiger partial charge in [-0.25, -0.2) is 4.79 Å². The largest absolute Gasteiger partial charge is 0.481 e. The fourth-order valence-electron chi connectivity index (χ4n) is 10.1. The maximum absolute atomic E-state index is 12.3. The van der Waals surface area contributed by atoms with Crippen molar-refractivity contribution >= 4 is 71.6 Å². The lowest BCUT2D eigenvalue weighted by molar-refractivity contribution is -0.142. The van der Waals surface area contributed by atoms with Crippen LogP contribution in [0.3, 0.4) is 0 Å². The van der Waals surface area contributed by atoms with Gasteiger partial charge in [0.1, 0.15) is 6.29 Å². The molecule has 29 nitrogen and oxygen atoms in total. The molecule has 2 atom stereocenters. The topological polar surface area (TPSA) is 374 Å². The molecule has 2 fully saturated rings. The number of aromatic nitrogens is 3. The van der Waals surface area contributed by atoms with Crippen LogP contribution in [0, 0.1) is 0 Å². The number of carbonyl (C=O) groups excluding carboxylic acids is 3. The third-order valence-corrected chi connectivity index (χ3v) is 14.6. The number of hydrogen-bond acceptors (Lipinski definition) is 21. The Bertz CT molecular complexity index is 2350. The number of ether oxygens (including phenoxy) is 2. The summed E-state index contributed by atoms with van der Waals surface area (Å²) in [6, 6.07) is 6.51. The zero-order chi connectivity index (χ0) is 62.3. The number of unbranched alkanes of at least 4 members (excludes halogenated alkanes) is 8. The van der Waals surface area contributed by atoms with E-state index in [0.29, 0.717) is 69.5 Å². The van der Waals surface area contributed by atoms with Crippen molar-refractivity contribution in [1.82, 2.24) is 55.4 Å². The Balaban J connectivity index is 1.30. The summed E-state index contributed by atoms with van der Waals surface area (Å²) < 4.78 is 11.0. The number of amides is 3. The fourth-order valence-corrected chi connectivity index (χ4v) is 10.1. The third-order valence-electron chi connectivity index (χ3n) is 14.6. The van der Waals surface area contributed by atoms with Crippen LogP contribution in [0.5, 0.6) is 0 Å². The highest BCUT2D eigenvalue weighted by molar-refractivity contribution is 5.77. The maximum Gasteiger partial charge on any atom is 0.317 e. The molecule has 3 heterocycles. The molecule has 2 saturated heterocycles. The zero-order valence-electron chi connectivity index (χ0n) is 50.0. The highest BCUT2D eigenvalue weighted by Crippen LogP contribution is 2.22. The number of aliphatic carboxylic acids is 5. The number of aldehydes is 1. The molecule has 1 aromatic carbocycles. The lowest BCUT2D eigenvalue weighted by atomic mass is 10.0. The number of nitrogens with one attached hydrogen (secondary N) is 5. The second-order valence-electron chi connectivity index (χ2n) is 21.8. The zero-order valence-corrected chi connectivity index (χ0v) is 50.0. The molecule has 10 N–H and O–H groups in total. The quantitative estimate of drug-likeness (QED) is 0.0335. The van der Waals surface area contributed by atoms with E-state index in [2.05, 4.69) is 41.4 Å². The second kappa shape index (κ2) is 42.0. The van der Waals surface area contributed by atoms with Gasteiger partial charge < -0.3 is 71.3 Å². The van der Waals surface area contributed by atoms with E-state index in [0.717, 1.165) is 95.8 Å². The molecular formula is C57H94N14O15. The lowest BCUT2D eigenvalue weighted by Crippen LogP contribution is -2.53. The summed E-state index contributed by atoms with van der Waals surface area (Å²) in [5.41, 5.74) is 1.46. The Morgan fingerprint density at radius 3 is 1.78 bits per heavy atom. The van der Waals surface area contributed by atoms with Gasteiger partial charge in [-0.05, 0) is 69.7 Å². The van der Waals surface area contributed by atoms with Crippen LogP contribution in [0.15, 0.2) is 24.3 Å². The van der Waals surface area contributed by atoms with Crippen molar-refractivity contribution in [1.29, 1.82) is 0 Å². The number of benzene rings is 1. The first-order chi connectivity index (χ1) is 41.4. The number of nitrogens with zero attached hydrogens (tertiary/aromatic N) is 9. The molecule has 0 saturated carbocycles. The minimum atomic E-state index is -1.10. The first-order valence-electron chi connectivity index (χ1n) is 30.2. The van der Waals surface area contributed by atoms with Crippen molar-refractivity contribution in [2.45, 2.75) is 109 Å². The monoisotopic (exact) mass is 1210 g/mol. The number of rotatable bonds is 42. The molecule has 2 aromatic rings. The van der Waals surface area contributed by atoms with Crippen molar-refractivity contribution in [2.24, 2.45) is 0 Å². The predicted molar refractivity (Wildman–Crippen MR) is 320 cm³/mol. The van der Waals surface area contributed by atoms with E-state index >= 15 is 0 Å². The molecule has 0 aliphatic carbocycles. The summed E-state index contributed by atoms with van der Waals surface area (Å²) in [4.78, 5) is 119. The van der Waals surface area contributed by atoms with E-state index in [1.54, 1.807) is 19.6 Å². The van der Waals surface area contributed by atoms with Gasteiger partial charge in [-0.2, -0.15) is 15.0 Å². The molecule has 2 aliphatic rings. The Morgan fingerprint density at radius 2 is 1.15 bits per heavy atom. The van der Waals surface area contributed by atoms with Gasteiger partial charge in [0.25, 0.3) is 0 Å². The van der Waals surface area contributed by atoms with Crippen LogP contribution in [0.4, 0.5) is 28.3 Å². The molecule has 0 spiro atoms. The molecule has 482 valence electrons. The van der Waals surface area contributed by atoms with Crippen molar-refractivity contribution in [2.75, 3.05) is 166 Å². The number of anilines is 4. The second-order valence-corrected chi connectivity index (χ2v) is 21.8. The van der Waals surface area contributed by atoms with Crippen LogP contribution in [-0.2, 0) is 49.5 Å². The van der Waals surface area contributed by atoms with E-state index < -0.39 is 35.9 Å². The van der Waals surface area contributed by atoms with E-state index in [1.807, 2.05) is 31.2 Å². The van der Waals surface area contributed by atoms with Gasteiger partial charge in [-0.15, -0.1) is 0 Å². The van der Waals surface area contributed by atoms with Crippen LogP contribution in [0.2, 0.25) is 0 Å². The summed E-state index contributed by atoms with van der Waals surface area (Å²) in [6.45, 7) is 7.71. The van der Waals surface area contributed by atoms with Gasteiger partial charge in [0.05, 0.1) is 65.6 Å². The molecule has 1 aromatic heterocycles. The number of urea groups is 1. The molecule has 29 heteroatoms. The highest BCUT2D eigenvalue weighted by Gasteiger charge is 2.28. The third kappa shape index (κ3) is 32.6. The van der Waals surface area contributed by atoms with E-state index in [4.69, 9.17) is 24.5 Å². The Morgan fingerprint density at radius 1 is 0.581 bits per heavy atom. The average Bonchev–Trinajstić information content (AvgIpc) is 3.18. The summed E-state index contributed by atoms with van der Waals surface area (Å²) >= 11 is 0. The number of carboxylic acids is 5.